The highest BCUT2D eigenvalue weighted by Crippen LogP contribution is 2.21. The summed E-state index contributed by atoms with van der Waals surface area (Å²) in [7, 11) is 0. The minimum absolute atomic E-state index is 0.000414. The first-order valence-electron chi connectivity index (χ1n) is 8.89. The highest BCUT2D eigenvalue weighted by molar-refractivity contribution is 5.95. The van der Waals surface area contributed by atoms with Gasteiger partial charge >= 0.3 is 0 Å². The topological polar surface area (TPSA) is 89.9 Å². The summed E-state index contributed by atoms with van der Waals surface area (Å²) in [5, 5.41) is 0. The first kappa shape index (κ1) is 17.1. The third-order valence-electron chi connectivity index (χ3n) is 4.70. The molecule has 4 rings (SSSR count). The summed E-state index contributed by atoms with van der Waals surface area (Å²) in [4.78, 5) is 29.9. The second kappa shape index (κ2) is 7.11. The number of fused-ring (bicyclic) bond motifs is 1. The molecule has 3 aromatic rings. The Hall–Kier alpha value is -3.35. The fourth-order valence-electron chi connectivity index (χ4n) is 3.39. The van der Waals surface area contributed by atoms with Crippen molar-refractivity contribution in [2.75, 3.05) is 13.1 Å². The van der Waals surface area contributed by atoms with E-state index in [-0.39, 0.29) is 17.7 Å². The van der Waals surface area contributed by atoms with Gasteiger partial charge in [0, 0.05) is 36.7 Å². The van der Waals surface area contributed by atoms with Crippen molar-refractivity contribution in [3.05, 3.63) is 66.2 Å². The number of hydrogen-bond acceptors (Lipinski definition) is 4. The van der Waals surface area contributed by atoms with Gasteiger partial charge in [-0.25, -0.2) is 0 Å². The molecule has 27 heavy (non-hydrogen) atoms. The van der Waals surface area contributed by atoms with Crippen LogP contribution in [0.2, 0.25) is 0 Å². The van der Waals surface area contributed by atoms with Gasteiger partial charge < -0.3 is 19.8 Å². The molecule has 0 aromatic carbocycles. The van der Waals surface area contributed by atoms with E-state index in [2.05, 4.69) is 4.98 Å². The van der Waals surface area contributed by atoms with Crippen LogP contribution in [0.15, 0.2) is 55.0 Å². The number of nitrogens with zero attached hydrogens (tertiary/aromatic N) is 3. The van der Waals surface area contributed by atoms with Crippen molar-refractivity contribution in [1.82, 2.24) is 14.3 Å². The molecule has 1 fully saturated rings. The van der Waals surface area contributed by atoms with Crippen LogP contribution in [-0.4, -0.2) is 45.3 Å². The lowest BCUT2D eigenvalue weighted by Gasteiger charge is -2.32. The third kappa shape index (κ3) is 3.62. The molecule has 2 N–H and O–H groups in total. The highest BCUT2D eigenvalue weighted by Gasteiger charge is 2.26. The van der Waals surface area contributed by atoms with Crippen LogP contribution in [0.3, 0.4) is 0 Å². The monoisotopic (exact) mass is 364 g/mol. The van der Waals surface area contributed by atoms with Gasteiger partial charge in [0.25, 0.3) is 11.8 Å². The lowest BCUT2D eigenvalue weighted by molar-refractivity contribution is 0.0538. The largest absolute Gasteiger partial charge is 0.488 e. The van der Waals surface area contributed by atoms with Gasteiger partial charge in [0.15, 0.2) is 0 Å². The highest BCUT2D eigenvalue weighted by atomic mass is 16.5. The molecule has 2 amide bonds. The molecule has 0 spiro atoms. The van der Waals surface area contributed by atoms with Gasteiger partial charge in [-0.05, 0) is 37.1 Å². The number of carbonyl (C=O) groups is 2. The molecule has 1 unspecified atom stereocenters. The number of ether oxygens (including phenoxy) is 1. The first-order valence-corrected chi connectivity index (χ1v) is 8.89. The smallest absolute Gasteiger partial charge is 0.267 e. The Morgan fingerprint density at radius 1 is 1.22 bits per heavy atom. The van der Waals surface area contributed by atoms with Crippen molar-refractivity contribution in [2.45, 2.75) is 18.9 Å². The predicted octanol–water partition coefficient (Wildman–Crippen LogP) is 2.12. The van der Waals surface area contributed by atoms with Crippen LogP contribution in [0, 0.1) is 0 Å². The van der Waals surface area contributed by atoms with Crippen molar-refractivity contribution in [3.8, 4) is 5.75 Å². The van der Waals surface area contributed by atoms with Gasteiger partial charge in [0.05, 0.1) is 12.1 Å². The lowest BCUT2D eigenvalue weighted by Crippen LogP contribution is -2.44. The molecule has 3 aromatic heterocycles. The summed E-state index contributed by atoms with van der Waals surface area (Å²) < 4.78 is 7.91. The maximum absolute atomic E-state index is 12.9. The number of primary amides is 1. The van der Waals surface area contributed by atoms with Crippen LogP contribution >= 0.6 is 0 Å². The van der Waals surface area contributed by atoms with Crippen molar-refractivity contribution in [2.24, 2.45) is 5.73 Å². The van der Waals surface area contributed by atoms with E-state index >= 15 is 0 Å². The van der Waals surface area contributed by atoms with Crippen LogP contribution in [0.25, 0.3) is 5.52 Å². The molecule has 0 saturated carbocycles. The minimum atomic E-state index is -0.596. The molecule has 1 atom stereocenters. The van der Waals surface area contributed by atoms with E-state index in [0.717, 1.165) is 18.4 Å². The Morgan fingerprint density at radius 3 is 2.93 bits per heavy atom. The molecule has 0 aliphatic carbocycles. The Labute approximate surface area is 156 Å². The summed E-state index contributed by atoms with van der Waals surface area (Å²) in [6.07, 6.45) is 6.84. The van der Waals surface area contributed by atoms with Gasteiger partial charge in [-0.1, -0.05) is 6.07 Å². The van der Waals surface area contributed by atoms with Gasteiger partial charge in [0.1, 0.15) is 17.5 Å². The molecule has 7 heteroatoms. The minimum Gasteiger partial charge on any atom is -0.488 e. The number of piperidine rings is 1. The van der Waals surface area contributed by atoms with Gasteiger partial charge in [-0.15, -0.1) is 0 Å². The number of pyridine rings is 2. The maximum atomic E-state index is 12.9. The number of amides is 2. The fourth-order valence-corrected chi connectivity index (χ4v) is 3.39. The zero-order valence-electron chi connectivity index (χ0n) is 14.7. The molecule has 1 aliphatic rings. The van der Waals surface area contributed by atoms with E-state index in [1.54, 1.807) is 6.07 Å². The number of aromatic nitrogens is 2. The average molecular weight is 364 g/mol. The summed E-state index contributed by atoms with van der Waals surface area (Å²) in [5.41, 5.74) is 7.08. The molecular weight excluding hydrogens is 344 g/mol. The quantitative estimate of drug-likeness (QED) is 0.768. The number of likely N-dealkylation sites (tertiary alicyclic amines) is 1. The second-order valence-corrected chi connectivity index (χ2v) is 6.64. The van der Waals surface area contributed by atoms with Crippen molar-refractivity contribution in [3.63, 3.8) is 0 Å². The van der Waals surface area contributed by atoms with Crippen LogP contribution in [0.4, 0.5) is 0 Å². The van der Waals surface area contributed by atoms with E-state index in [9.17, 15) is 9.59 Å². The van der Waals surface area contributed by atoms with Crippen LogP contribution in [0.5, 0.6) is 5.75 Å². The zero-order valence-corrected chi connectivity index (χ0v) is 14.7. The molecular formula is C20H20N4O3. The molecule has 7 nitrogen and oxygen atoms in total. The average Bonchev–Trinajstić information content (AvgIpc) is 3.12. The number of rotatable bonds is 4. The number of nitrogens with two attached hydrogens (primary N) is 1. The summed E-state index contributed by atoms with van der Waals surface area (Å²) in [6.45, 7) is 1.20. The molecule has 0 bridgehead atoms. The lowest BCUT2D eigenvalue weighted by atomic mass is 10.1. The summed E-state index contributed by atoms with van der Waals surface area (Å²) in [5.74, 6) is -0.0612. The summed E-state index contributed by atoms with van der Waals surface area (Å²) >= 11 is 0. The predicted molar refractivity (Wildman–Crippen MR) is 99.7 cm³/mol. The van der Waals surface area contributed by atoms with E-state index < -0.39 is 5.91 Å². The Balaban J connectivity index is 1.46. The zero-order chi connectivity index (χ0) is 18.8. The molecule has 0 radical (unpaired) electrons. The molecule has 1 aliphatic heterocycles. The summed E-state index contributed by atoms with van der Waals surface area (Å²) in [6, 6.07) is 11.0. The van der Waals surface area contributed by atoms with E-state index in [0.29, 0.717) is 24.4 Å². The third-order valence-corrected chi connectivity index (χ3v) is 4.70. The van der Waals surface area contributed by atoms with Crippen molar-refractivity contribution in [1.29, 1.82) is 0 Å². The van der Waals surface area contributed by atoms with Crippen molar-refractivity contribution >= 4 is 17.3 Å². The number of hydrogen-bond donors (Lipinski definition) is 1. The second-order valence-electron chi connectivity index (χ2n) is 6.64. The molecule has 1 saturated heterocycles. The SMILES string of the molecule is NC(=O)c1cc(OC2CCCN(C(=O)c3cc4ccccn4c3)C2)ccn1. The standard InChI is InChI=1S/C20H20N4O3/c21-19(25)18-11-16(6-7-22-18)27-17-5-3-9-24(13-17)20(26)14-10-15-4-1-2-8-23(15)12-14/h1-2,4,6-8,10-12,17H,3,5,9,13H2,(H2,21,25). The van der Waals surface area contributed by atoms with Crippen LogP contribution in [0.1, 0.15) is 33.7 Å². The maximum Gasteiger partial charge on any atom is 0.267 e. The van der Waals surface area contributed by atoms with Gasteiger partial charge in [0.2, 0.25) is 0 Å². The van der Waals surface area contributed by atoms with E-state index in [1.807, 2.05) is 46.0 Å². The molecule has 138 valence electrons. The Kier molecular flexibility index (Phi) is 4.50. The fraction of sp³-hybridized carbons (Fsp3) is 0.250. The van der Waals surface area contributed by atoms with E-state index in [1.165, 1.54) is 12.3 Å². The number of carbonyl (C=O) groups excluding carboxylic acids is 2. The van der Waals surface area contributed by atoms with Crippen LogP contribution in [-0.2, 0) is 0 Å². The van der Waals surface area contributed by atoms with E-state index in [4.69, 9.17) is 10.5 Å². The van der Waals surface area contributed by atoms with Crippen LogP contribution < -0.4 is 10.5 Å². The van der Waals surface area contributed by atoms with Gasteiger partial charge in [-0.3, -0.25) is 14.6 Å². The van der Waals surface area contributed by atoms with Crippen molar-refractivity contribution < 1.29 is 14.3 Å². The Bertz CT molecular complexity index is 965. The normalized spacial score (nSPS) is 17.0. The van der Waals surface area contributed by atoms with Gasteiger partial charge in [-0.2, -0.15) is 0 Å². The first-order chi connectivity index (χ1) is 13.1. The Morgan fingerprint density at radius 2 is 2.11 bits per heavy atom. The molecule has 4 heterocycles.